The minimum Gasteiger partial charge on any atom is -0.359 e. The van der Waals surface area contributed by atoms with E-state index in [2.05, 4.69) is 0 Å². The van der Waals surface area contributed by atoms with Crippen LogP contribution in [0.5, 0.6) is 0 Å². The van der Waals surface area contributed by atoms with Crippen LogP contribution in [-0.4, -0.2) is 37.4 Å². The molecule has 0 radical (unpaired) electrons. The number of ketones is 1. The molecule has 1 aliphatic heterocycles. The van der Waals surface area contributed by atoms with Crippen LogP contribution >= 0.6 is 0 Å². The molecule has 0 aromatic heterocycles. The lowest BCUT2D eigenvalue weighted by molar-refractivity contribution is -0.143. The predicted octanol–water partition coefficient (Wildman–Crippen LogP) is 3.52. The summed E-state index contributed by atoms with van der Waals surface area (Å²) in [5, 5.41) is 0. The molecule has 2 aliphatic rings. The molecule has 0 unspecified atom stereocenters. The first-order valence-corrected chi connectivity index (χ1v) is 10.9. The van der Waals surface area contributed by atoms with E-state index in [0.29, 0.717) is 19.4 Å². The number of carbonyl (C=O) groups is 1. The number of hydrogen-bond donors (Lipinski definition) is 0. The van der Waals surface area contributed by atoms with Crippen LogP contribution in [0.2, 0.25) is 0 Å². The molecule has 0 spiro atoms. The molecule has 1 aliphatic carbocycles. The Balaban J connectivity index is 2.06. The van der Waals surface area contributed by atoms with Gasteiger partial charge in [-0.3, -0.25) is 4.79 Å². The van der Waals surface area contributed by atoms with Crippen molar-refractivity contribution in [2.45, 2.75) is 70.5 Å². The van der Waals surface area contributed by atoms with Crippen molar-refractivity contribution in [1.29, 1.82) is 0 Å². The van der Waals surface area contributed by atoms with Gasteiger partial charge in [-0.05, 0) is 44.7 Å². The molecular weight excluding hydrogens is 350 g/mol. The van der Waals surface area contributed by atoms with Gasteiger partial charge in [-0.2, -0.15) is 4.31 Å². The highest BCUT2D eigenvalue weighted by molar-refractivity contribution is 7.89. The molecule has 3 atom stereocenters. The number of rotatable bonds is 4. The van der Waals surface area contributed by atoms with Crippen molar-refractivity contribution >= 4 is 15.8 Å². The molecule has 5 nitrogen and oxygen atoms in total. The first kappa shape index (κ1) is 19.5. The molecule has 1 saturated carbocycles. The van der Waals surface area contributed by atoms with Crippen LogP contribution in [0.25, 0.3) is 0 Å². The van der Waals surface area contributed by atoms with Crippen molar-refractivity contribution in [2.75, 3.05) is 6.61 Å². The molecule has 0 bridgehead atoms. The zero-order chi connectivity index (χ0) is 19.1. The Hall–Kier alpha value is -1.24. The first-order valence-electron chi connectivity index (χ1n) is 9.43. The van der Waals surface area contributed by atoms with Gasteiger partial charge in [0.2, 0.25) is 10.0 Å². The number of ether oxygens (including phenoxy) is 1. The van der Waals surface area contributed by atoms with E-state index in [1.807, 2.05) is 27.7 Å². The average molecular weight is 380 g/mol. The van der Waals surface area contributed by atoms with Crippen molar-refractivity contribution in [3.8, 4) is 0 Å². The topological polar surface area (TPSA) is 63.7 Å². The van der Waals surface area contributed by atoms with E-state index in [9.17, 15) is 13.2 Å². The summed E-state index contributed by atoms with van der Waals surface area (Å²) in [5.41, 5.74) is 0.229. The van der Waals surface area contributed by atoms with E-state index >= 15 is 0 Å². The van der Waals surface area contributed by atoms with Crippen LogP contribution in [0.15, 0.2) is 29.2 Å². The highest BCUT2D eigenvalue weighted by Gasteiger charge is 2.55. The fourth-order valence-electron chi connectivity index (χ4n) is 4.06. The van der Waals surface area contributed by atoms with Gasteiger partial charge in [-0.15, -0.1) is 0 Å². The zero-order valence-corrected chi connectivity index (χ0v) is 16.9. The van der Waals surface area contributed by atoms with Gasteiger partial charge in [0.1, 0.15) is 12.0 Å². The number of sulfonamides is 1. The van der Waals surface area contributed by atoms with E-state index in [4.69, 9.17) is 4.74 Å². The molecule has 2 fully saturated rings. The van der Waals surface area contributed by atoms with Crippen LogP contribution in [-0.2, 0) is 19.6 Å². The zero-order valence-electron chi connectivity index (χ0n) is 16.1. The third-order valence-electron chi connectivity index (χ3n) is 5.88. The largest absolute Gasteiger partial charge is 0.359 e. The summed E-state index contributed by atoms with van der Waals surface area (Å²) < 4.78 is 34.5. The van der Waals surface area contributed by atoms with Crippen molar-refractivity contribution < 1.29 is 17.9 Å². The fraction of sp³-hybridized carbons (Fsp3) is 0.650. The fourth-order valence-corrected chi connectivity index (χ4v) is 5.99. The molecule has 6 heteroatoms. The Morgan fingerprint density at radius 2 is 1.85 bits per heavy atom. The van der Waals surface area contributed by atoms with Gasteiger partial charge in [0, 0.05) is 6.42 Å². The number of benzene rings is 1. The minimum absolute atomic E-state index is 0.0996. The second kappa shape index (κ2) is 7.06. The molecular formula is C20H29NO4S. The summed E-state index contributed by atoms with van der Waals surface area (Å²) in [7, 11) is -3.75. The Labute approximate surface area is 156 Å². The SMILES string of the molecule is Cc1ccc(S(=O)(=O)N2[C@@H](C(C)C)CO[C@H]2[C@]2(C)CCCCC2=O)cc1. The van der Waals surface area contributed by atoms with Gasteiger partial charge in [-0.25, -0.2) is 8.42 Å². The van der Waals surface area contributed by atoms with Crippen molar-refractivity contribution in [3.63, 3.8) is 0 Å². The summed E-state index contributed by atoms with van der Waals surface area (Å²) in [4.78, 5) is 13.0. The highest BCUT2D eigenvalue weighted by Crippen LogP contribution is 2.44. The van der Waals surface area contributed by atoms with Crippen molar-refractivity contribution in [3.05, 3.63) is 29.8 Å². The molecule has 1 heterocycles. The second-order valence-corrected chi connectivity index (χ2v) is 10.0. The number of aryl methyl sites for hydroxylation is 1. The summed E-state index contributed by atoms with van der Waals surface area (Å²) in [5.74, 6) is 0.213. The third kappa shape index (κ3) is 3.23. The second-order valence-electron chi connectivity index (χ2n) is 8.19. The van der Waals surface area contributed by atoms with Gasteiger partial charge < -0.3 is 4.74 Å². The Morgan fingerprint density at radius 1 is 1.19 bits per heavy atom. The van der Waals surface area contributed by atoms with Gasteiger partial charge >= 0.3 is 0 Å². The average Bonchev–Trinajstić information content (AvgIpc) is 3.05. The number of nitrogens with zero attached hydrogens (tertiary/aromatic N) is 1. The monoisotopic (exact) mass is 379 g/mol. The first-order chi connectivity index (χ1) is 12.2. The van der Waals surface area contributed by atoms with E-state index in [0.717, 1.165) is 18.4 Å². The summed E-state index contributed by atoms with van der Waals surface area (Å²) in [6.07, 6.45) is 2.24. The van der Waals surface area contributed by atoms with Gasteiger partial charge in [0.25, 0.3) is 0 Å². The van der Waals surface area contributed by atoms with Crippen LogP contribution in [0.4, 0.5) is 0 Å². The molecule has 0 amide bonds. The predicted molar refractivity (Wildman–Crippen MR) is 100 cm³/mol. The van der Waals surface area contributed by atoms with E-state index in [1.54, 1.807) is 24.3 Å². The molecule has 26 heavy (non-hydrogen) atoms. The minimum atomic E-state index is -3.75. The highest BCUT2D eigenvalue weighted by atomic mass is 32.2. The number of hydrogen-bond acceptors (Lipinski definition) is 4. The Morgan fingerprint density at radius 3 is 2.42 bits per heavy atom. The lowest BCUT2D eigenvalue weighted by Crippen LogP contribution is -2.54. The summed E-state index contributed by atoms with van der Waals surface area (Å²) >= 11 is 0. The maximum Gasteiger partial charge on any atom is 0.245 e. The van der Waals surface area contributed by atoms with Crippen molar-refractivity contribution in [2.24, 2.45) is 11.3 Å². The molecule has 1 aromatic carbocycles. The normalized spacial score (nSPS) is 30.9. The number of Topliss-reactive ketones (excluding diaryl/α,β-unsaturated/α-hetero) is 1. The van der Waals surface area contributed by atoms with E-state index in [-0.39, 0.29) is 22.6 Å². The van der Waals surface area contributed by atoms with Gasteiger partial charge in [0.15, 0.2) is 0 Å². The number of carbonyl (C=O) groups excluding carboxylic acids is 1. The maximum absolute atomic E-state index is 13.5. The summed E-state index contributed by atoms with van der Waals surface area (Å²) in [6, 6.07) is 6.62. The van der Waals surface area contributed by atoms with E-state index in [1.165, 1.54) is 4.31 Å². The Bertz CT molecular complexity index is 772. The van der Waals surface area contributed by atoms with Crippen LogP contribution in [0.3, 0.4) is 0 Å². The standard InChI is InChI=1S/C20H29NO4S/c1-14(2)17-13-25-19(20(4)12-6-5-7-18(20)22)21(17)26(23,24)16-10-8-15(3)9-11-16/h8-11,14,17,19H,5-7,12-13H2,1-4H3/t17-,19+,20-/m1/s1. The molecule has 1 aromatic rings. The molecule has 3 rings (SSSR count). The lowest BCUT2D eigenvalue weighted by Gasteiger charge is -2.41. The smallest absolute Gasteiger partial charge is 0.245 e. The van der Waals surface area contributed by atoms with Crippen LogP contribution in [0.1, 0.15) is 52.0 Å². The molecule has 1 saturated heterocycles. The van der Waals surface area contributed by atoms with Crippen LogP contribution in [0, 0.1) is 18.3 Å². The molecule has 144 valence electrons. The Kier molecular flexibility index (Phi) is 5.30. The van der Waals surface area contributed by atoms with E-state index < -0.39 is 21.7 Å². The van der Waals surface area contributed by atoms with Crippen LogP contribution < -0.4 is 0 Å². The summed E-state index contributed by atoms with van der Waals surface area (Å²) in [6.45, 7) is 8.13. The lowest BCUT2D eigenvalue weighted by atomic mass is 9.73. The van der Waals surface area contributed by atoms with Crippen molar-refractivity contribution in [1.82, 2.24) is 4.31 Å². The quantitative estimate of drug-likeness (QED) is 0.803. The molecule has 0 N–H and O–H groups in total. The third-order valence-corrected chi connectivity index (χ3v) is 7.77. The van der Waals surface area contributed by atoms with Gasteiger partial charge in [-0.1, -0.05) is 38.0 Å². The van der Waals surface area contributed by atoms with Gasteiger partial charge in [0.05, 0.1) is 23.0 Å². The maximum atomic E-state index is 13.5.